The number of rotatable bonds is 5. The number of anilines is 1. The minimum atomic E-state index is -0.803. The van der Waals surface area contributed by atoms with E-state index in [1.54, 1.807) is 6.07 Å². The molecular formula is C19H14N2O5. The molecule has 0 spiro atoms. The Kier molecular flexibility index (Phi) is 4.89. The van der Waals surface area contributed by atoms with Gasteiger partial charge in [0.1, 0.15) is 0 Å². The molecule has 0 saturated carbocycles. The molecule has 0 unspecified atom stereocenters. The van der Waals surface area contributed by atoms with Crippen molar-refractivity contribution < 1.29 is 19.2 Å². The number of non-ortho nitro benzene ring substituents is 1. The second-order valence-corrected chi connectivity index (χ2v) is 5.49. The molecule has 0 aromatic heterocycles. The molecule has 0 aliphatic heterocycles. The lowest BCUT2D eigenvalue weighted by molar-refractivity contribution is -0.384. The zero-order chi connectivity index (χ0) is 18.5. The van der Waals surface area contributed by atoms with E-state index in [1.165, 1.54) is 18.2 Å². The van der Waals surface area contributed by atoms with Crippen LogP contribution in [0.3, 0.4) is 0 Å². The van der Waals surface area contributed by atoms with Crippen molar-refractivity contribution in [1.29, 1.82) is 0 Å². The fourth-order valence-electron chi connectivity index (χ4n) is 2.43. The number of esters is 1. The van der Waals surface area contributed by atoms with Crippen LogP contribution in [0.15, 0.2) is 66.7 Å². The maximum atomic E-state index is 12.0. The first-order valence-electron chi connectivity index (χ1n) is 7.73. The Morgan fingerprint density at radius 2 is 1.73 bits per heavy atom. The van der Waals surface area contributed by atoms with Crippen molar-refractivity contribution in [3.05, 3.63) is 82.4 Å². The van der Waals surface area contributed by atoms with Crippen LogP contribution in [-0.2, 0) is 9.53 Å². The quantitative estimate of drug-likeness (QED) is 0.431. The van der Waals surface area contributed by atoms with Gasteiger partial charge in [-0.2, -0.15) is 0 Å². The molecule has 3 aromatic rings. The second kappa shape index (κ2) is 7.43. The summed E-state index contributed by atoms with van der Waals surface area (Å²) in [7, 11) is 0. The zero-order valence-electron chi connectivity index (χ0n) is 13.5. The average Bonchev–Trinajstić information content (AvgIpc) is 2.66. The summed E-state index contributed by atoms with van der Waals surface area (Å²) in [6, 6.07) is 18.3. The Hall–Kier alpha value is -3.74. The SMILES string of the molecule is O=C(COC(=O)c1cccc([N+](=O)[O-])c1)Nc1ccc2ccccc2c1. The molecule has 26 heavy (non-hydrogen) atoms. The summed E-state index contributed by atoms with van der Waals surface area (Å²) >= 11 is 0. The first-order chi connectivity index (χ1) is 12.5. The Bertz CT molecular complexity index is 1000. The largest absolute Gasteiger partial charge is 0.452 e. The molecule has 0 fully saturated rings. The topological polar surface area (TPSA) is 98.5 Å². The molecular weight excluding hydrogens is 336 g/mol. The normalized spacial score (nSPS) is 10.3. The molecule has 3 rings (SSSR count). The van der Waals surface area contributed by atoms with Gasteiger partial charge in [-0.05, 0) is 29.0 Å². The predicted octanol–water partition coefficient (Wildman–Crippen LogP) is 3.54. The summed E-state index contributed by atoms with van der Waals surface area (Å²) in [6.07, 6.45) is 0. The molecule has 3 aromatic carbocycles. The lowest BCUT2D eigenvalue weighted by Crippen LogP contribution is -2.20. The molecule has 1 N–H and O–H groups in total. The van der Waals surface area contributed by atoms with E-state index < -0.39 is 23.4 Å². The van der Waals surface area contributed by atoms with Gasteiger partial charge < -0.3 is 10.1 Å². The first-order valence-corrected chi connectivity index (χ1v) is 7.73. The van der Waals surface area contributed by atoms with Crippen LogP contribution < -0.4 is 5.32 Å². The number of nitro benzene ring substituents is 1. The highest BCUT2D eigenvalue weighted by atomic mass is 16.6. The van der Waals surface area contributed by atoms with Crippen LogP contribution in [0.1, 0.15) is 10.4 Å². The van der Waals surface area contributed by atoms with Gasteiger partial charge in [-0.25, -0.2) is 4.79 Å². The first kappa shape index (κ1) is 17.1. The van der Waals surface area contributed by atoms with Crippen molar-refractivity contribution in [2.24, 2.45) is 0 Å². The molecule has 0 aliphatic carbocycles. The van der Waals surface area contributed by atoms with Crippen LogP contribution in [0, 0.1) is 10.1 Å². The smallest absolute Gasteiger partial charge is 0.338 e. The predicted molar refractivity (Wildman–Crippen MR) is 96.0 cm³/mol. The van der Waals surface area contributed by atoms with Crippen molar-refractivity contribution in [3.63, 3.8) is 0 Å². The molecule has 0 saturated heterocycles. The Labute approximate surface area is 148 Å². The van der Waals surface area contributed by atoms with E-state index in [4.69, 9.17) is 4.74 Å². The molecule has 0 aliphatic rings. The standard InChI is InChI=1S/C19H14N2O5/c22-18(20-16-9-8-13-4-1-2-5-14(13)10-16)12-26-19(23)15-6-3-7-17(11-15)21(24)25/h1-11H,12H2,(H,20,22). The van der Waals surface area contributed by atoms with Gasteiger partial charge in [0.25, 0.3) is 11.6 Å². The van der Waals surface area contributed by atoms with Gasteiger partial charge in [-0.1, -0.05) is 36.4 Å². The number of carbonyl (C=O) groups excluding carboxylic acids is 2. The van der Waals surface area contributed by atoms with Gasteiger partial charge in [0.2, 0.25) is 0 Å². The van der Waals surface area contributed by atoms with E-state index in [0.29, 0.717) is 5.69 Å². The third-order valence-electron chi connectivity index (χ3n) is 3.66. The molecule has 0 atom stereocenters. The monoisotopic (exact) mass is 350 g/mol. The highest BCUT2D eigenvalue weighted by Gasteiger charge is 2.14. The summed E-state index contributed by atoms with van der Waals surface area (Å²) in [6.45, 7) is -0.492. The number of carbonyl (C=O) groups is 2. The number of ether oxygens (including phenoxy) is 1. The summed E-state index contributed by atoms with van der Waals surface area (Å²) in [5.41, 5.74) is 0.373. The van der Waals surface area contributed by atoms with Gasteiger partial charge in [-0.3, -0.25) is 14.9 Å². The highest BCUT2D eigenvalue weighted by Crippen LogP contribution is 2.19. The van der Waals surface area contributed by atoms with Crippen LogP contribution >= 0.6 is 0 Å². The summed E-state index contributed by atoms with van der Waals surface area (Å²) < 4.78 is 4.91. The van der Waals surface area contributed by atoms with Crippen LogP contribution in [0.2, 0.25) is 0 Å². The van der Waals surface area contributed by atoms with E-state index in [2.05, 4.69) is 5.32 Å². The number of benzene rings is 3. The minimum absolute atomic E-state index is 0.0118. The van der Waals surface area contributed by atoms with Gasteiger partial charge in [0.15, 0.2) is 6.61 Å². The summed E-state index contributed by atoms with van der Waals surface area (Å²) in [5.74, 6) is -1.30. The molecule has 7 heteroatoms. The van der Waals surface area contributed by atoms with Crippen LogP contribution in [0.4, 0.5) is 11.4 Å². The molecule has 0 bridgehead atoms. The fourth-order valence-corrected chi connectivity index (χ4v) is 2.43. The molecule has 1 amide bonds. The van der Waals surface area contributed by atoms with E-state index >= 15 is 0 Å². The van der Waals surface area contributed by atoms with Crippen LogP contribution in [-0.4, -0.2) is 23.4 Å². The van der Waals surface area contributed by atoms with Crippen molar-refractivity contribution in [2.75, 3.05) is 11.9 Å². The third kappa shape index (κ3) is 4.02. The average molecular weight is 350 g/mol. The third-order valence-corrected chi connectivity index (χ3v) is 3.66. The van der Waals surface area contributed by atoms with Crippen molar-refractivity contribution in [2.45, 2.75) is 0 Å². The van der Waals surface area contributed by atoms with E-state index in [9.17, 15) is 19.7 Å². The minimum Gasteiger partial charge on any atom is -0.452 e. The molecule has 130 valence electrons. The maximum absolute atomic E-state index is 12.0. The Balaban J connectivity index is 1.60. The van der Waals surface area contributed by atoms with Crippen molar-refractivity contribution in [1.82, 2.24) is 0 Å². The number of nitro groups is 1. The Morgan fingerprint density at radius 3 is 2.50 bits per heavy atom. The van der Waals surface area contributed by atoms with Gasteiger partial charge in [0, 0.05) is 17.8 Å². The Morgan fingerprint density at radius 1 is 0.962 bits per heavy atom. The number of nitrogens with one attached hydrogen (secondary N) is 1. The van der Waals surface area contributed by atoms with E-state index in [-0.39, 0.29) is 11.3 Å². The molecule has 7 nitrogen and oxygen atoms in total. The maximum Gasteiger partial charge on any atom is 0.338 e. The van der Waals surface area contributed by atoms with Gasteiger partial charge in [-0.15, -0.1) is 0 Å². The number of nitrogens with zero attached hydrogens (tertiary/aromatic N) is 1. The van der Waals surface area contributed by atoms with Crippen molar-refractivity contribution >= 4 is 34.0 Å². The highest BCUT2D eigenvalue weighted by molar-refractivity contribution is 5.97. The number of hydrogen-bond acceptors (Lipinski definition) is 5. The second-order valence-electron chi connectivity index (χ2n) is 5.49. The number of hydrogen-bond donors (Lipinski definition) is 1. The molecule has 0 radical (unpaired) electrons. The fraction of sp³-hybridized carbons (Fsp3) is 0.0526. The summed E-state index contributed by atoms with van der Waals surface area (Å²) in [5, 5.41) is 15.4. The van der Waals surface area contributed by atoms with Crippen molar-refractivity contribution in [3.8, 4) is 0 Å². The van der Waals surface area contributed by atoms with Gasteiger partial charge >= 0.3 is 5.97 Å². The molecule has 0 heterocycles. The lowest BCUT2D eigenvalue weighted by Gasteiger charge is -2.08. The van der Waals surface area contributed by atoms with E-state index in [0.717, 1.165) is 16.8 Å². The zero-order valence-corrected chi connectivity index (χ0v) is 13.5. The van der Waals surface area contributed by atoms with E-state index in [1.807, 2.05) is 36.4 Å². The summed E-state index contributed by atoms with van der Waals surface area (Å²) in [4.78, 5) is 34.0. The number of fused-ring (bicyclic) bond motifs is 1. The van der Waals surface area contributed by atoms with Crippen LogP contribution in [0.5, 0.6) is 0 Å². The number of amides is 1. The van der Waals surface area contributed by atoms with Crippen LogP contribution in [0.25, 0.3) is 10.8 Å². The van der Waals surface area contributed by atoms with Gasteiger partial charge in [0.05, 0.1) is 10.5 Å². The lowest BCUT2D eigenvalue weighted by atomic mass is 10.1.